The van der Waals surface area contributed by atoms with E-state index in [9.17, 15) is 5.11 Å². The van der Waals surface area contributed by atoms with Gasteiger partial charge < -0.3 is 14.6 Å². The largest absolute Gasteiger partial charge is 0.387 e. The van der Waals surface area contributed by atoms with E-state index < -0.39 is 11.2 Å². The van der Waals surface area contributed by atoms with Crippen molar-refractivity contribution >= 4 is 0 Å². The highest BCUT2D eigenvalue weighted by Gasteiger charge is 2.40. The Morgan fingerprint density at radius 3 is 2.18 bits per heavy atom. The normalized spacial score (nSPS) is 15.6. The first-order valence-electron chi connectivity index (χ1n) is 5.78. The third-order valence-electron chi connectivity index (χ3n) is 3.11. The molecule has 1 aromatic carbocycles. The van der Waals surface area contributed by atoms with Gasteiger partial charge in [-0.05, 0) is 26.3 Å². The van der Waals surface area contributed by atoms with Gasteiger partial charge in [-0.25, -0.2) is 0 Å². The molecule has 3 nitrogen and oxygen atoms in total. The molecule has 1 unspecified atom stereocenters. The number of ether oxygens (including phenoxy) is 2. The first-order valence-corrected chi connectivity index (χ1v) is 5.78. The fraction of sp³-hybridized carbons (Fsp3) is 0.571. The van der Waals surface area contributed by atoms with Crippen LogP contribution in [-0.4, -0.2) is 30.0 Å². The quantitative estimate of drug-likeness (QED) is 0.827. The minimum Gasteiger partial charge on any atom is -0.387 e. The van der Waals surface area contributed by atoms with Crippen LogP contribution in [0.4, 0.5) is 0 Å². The van der Waals surface area contributed by atoms with Crippen molar-refractivity contribution in [3.05, 3.63) is 35.9 Å². The molecular formula is C14H22O3. The van der Waals surface area contributed by atoms with E-state index in [1.165, 1.54) is 0 Å². The maximum absolute atomic E-state index is 10.1. The average molecular weight is 238 g/mol. The molecule has 1 rings (SSSR count). The molecule has 0 heterocycles. The van der Waals surface area contributed by atoms with Gasteiger partial charge >= 0.3 is 0 Å². The predicted octanol–water partition coefficient (Wildman–Crippen LogP) is 2.38. The molecule has 96 valence electrons. The van der Waals surface area contributed by atoms with Crippen LogP contribution in [0.1, 0.15) is 26.3 Å². The Hall–Kier alpha value is -0.900. The molecule has 0 saturated heterocycles. The maximum Gasteiger partial charge on any atom is 0.117 e. The second kappa shape index (κ2) is 5.63. The molecule has 0 aliphatic heterocycles. The van der Waals surface area contributed by atoms with Crippen LogP contribution in [0, 0.1) is 0 Å². The Balaban J connectivity index is 2.69. The van der Waals surface area contributed by atoms with Crippen molar-refractivity contribution in [1.82, 2.24) is 0 Å². The Morgan fingerprint density at radius 1 is 1.12 bits per heavy atom. The fourth-order valence-corrected chi connectivity index (χ4v) is 1.49. The molecule has 1 atom stereocenters. The first-order chi connectivity index (χ1) is 7.89. The van der Waals surface area contributed by atoms with Gasteiger partial charge in [0.15, 0.2) is 0 Å². The Bertz CT molecular complexity index is 329. The number of rotatable bonds is 6. The van der Waals surface area contributed by atoms with Crippen LogP contribution < -0.4 is 0 Å². The molecule has 17 heavy (non-hydrogen) atoms. The number of methoxy groups -OCH3 is 1. The van der Waals surface area contributed by atoms with Crippen LogP contribution in [0.3, 0.4) is 0 Å². The smallest absolute Gasteiger partial charge is 0.117 e. The molecule has 0 spiro atoms. The summed E-state index contributed by atoms with van der Waals surface area (Å²) in [6.45, 7) is 6.14. The Kier molecular flexibility index (Phi) is 4.69. The SMILES string of the molecule is COCC(C)(OCc1ccccc1)C(C)(C)O. The van der Waals surface area contributed by atoms with Crippen molar-refractivity contribution in [2.45, 2.75) is 38.6 Å². The summed E-state index contributed by atoms with van der Waals surface area (Å²) < 4.78 is 11.0. The zero-order valence-corrected chi connectivity index (χ0v) is 11.1. The third kappa shape index (κ3) is 3.80. The number of benzene rings is 1. The molecule has 1 N–H and O–H groups in total. The molecule has 0 radical (unpaired) electrons. The average Bonchev–Trinajstić information content (AvgIpc) is 2.27. The summed E-state index contributed by atoms with van der Waals surface area (Å²) in [4.78, 5) is 0. The van der Waals surface area contributed by atoms with E-state index in [-0.39, 0.29) is 0 Å². The molecular weight excluding hydrogens is 216 g/mol. The van der Waals surface area contributed by atoms with Crippen LogP contribution in [0.2, 0.25) is 0 Å². The minimum atomic E-state index is -0.961. The van der Waals surface area contributed by atoms with Crippen molar-refractivity contribution in [2.24, 2.45) is 0 Å². The van der Waals surface area contributed by atoms with Gasteiger partial charge in [0, 0.05) is 7.11 Å². The standard InChI is InChI=1S/C14H22O3/c1-13(2,15)14(3,11-16-4)17-10-12-8-6-5-7-9-12/h5-9,15H,10-11H2,1-4H3. The minimum absolute atomic E-state index is 0.351. The molecule has 0 fully saturated rings. The van der Waals surface area contributed by atoms with E-state index in [1.807, 2.05) is 37.3 Å². The summed E-state index contributed by atoms with van der Waals surface area (Å²) in [5.74, 6) is 0. The van der Waals surface area contributed by atoms with Crippen LogP contribution in [0.15, 0.2) is 30.3 Å². The monoisotopic (exact) mass is 238 g/mol. The first kappa shape index (κ1) is 14.2. The van der Waals surface area contributed by atoms with E-state index in [1.54, 1.807) is 21.0 Å². The third-order valence-corrected chi connectivity index (χ3v) is 3.11. The van der Waals surface area contributed by atoms with Crippen LogP contribution >= 0.6 is 0 Å². The zero-order chi connectivity index (χ0) is 12.9. The van der Waals surface area contributed by atoms with Crippen molar-refractivity contribution in [1.29, 1.82) is 0 Å². The van der Waals surface area contributed by atoms with E-state index >= 15 is 0 Å². The van der Waals surface area contributed by atoms with Gasteiger partial charge in [0.05, 0.1) is 18.8 Å². The molecule has 3 heteroatoms. The van der Waals surface area contributed by atoms with E-state index in [4.69, 9.17) is 9.47 Å². The number of hydrogen-bond acceptors (Lipinski definition) is 3. The van der Waals surface area contributed by atoms with Crippen molar-refractivity contribution in [2.75, 3.05) is 13.7 Å². The summed E-state index contributed by atoms with van der Waals surface area (Å²) >= 11 is 0. The number of aliphatic hydroxyl groups is 1. The lowest BCUT2D eigenvalue weighted by molar-refractivity contribution is -0.188. The second-order valence-corrected chi connectivity index (χ2v) is 5.00. The lowest BCUT2D eigenvalue weighted by atomic mass is 9.88. The van der Waals surface area contributed by atoms with E-state index in [0.29, 0.717) is 13.2 Å². The van der Waals surface area contributed by atoms with Crippen LogP contribution in [0.25, 0.3) is 0 Å². The highest BCUT2D eigenvalue weighted by atomic mass is 16.5. The summed E-state index contributed by atoms with van der Waals surface area (Å²) in [7, 11) is 1.61. The summed E-state index contributed by atoms with van der Waals surface area (Å²) in [6, 6.07) is 9.90. The summed E-state index contributed by atoms with van der Waals surface area (Å²) in [5, 5.41) is 10.1. The zero-order valence-electron chi connectivity index (χ0n) is 11.1. The predicted molar refractivity (Wildman–Crippen MR) is 67.8 cm³/mol. The lowest BCUT2D eigenvalue weighted by Crippen LogP contribution is -2.52. The van der Waals surface area contributed by atoms with E-state index in [2.05, 4.69) is 0 Å². The van der Waals surface area contributed by atoms with Gasteiger partial charge in [-0.3, -0.25) is 0 Å². The lowest BCUT2D eigenvalue weighted by Gasteiger charge is -2.39. The van der Waals surface area contributed by atoms with Gasteiger partial charge in [0.25, 0.3) is 0 Å². The van der Waals surface area contributed by atoms with Crippen LogP contribution in [0.5, 0.6) is 0 Å². The summed E-state index contributed by atoms with van der Waals surface area (Å²) in [6.07, 6.45) is 0. The molecule has 0 aliphatic carbocycles. The highest BCUT2D eigenvalue weighted by Crippen LogP contribution is 2.27. The number of hydrogen-bond donors (Lipinski definition) is 1. The molecule has 1 aromatic rings. The van der Waals surface area contributed by atoms with E-state index in [0.717, 1.165) is 5.56 Å². The molecule has 0 amide bonds. The van der Waals surface area contributed by atoms with Gasteiger partial charge in [0.2, 0.25) is 0 Å². The van der Waals surface area contributed by atoms with Gasteiger partial charge in [0.1, 0.15) is 5.60 Å². The van der Waals surface area contributed by atoms with Gasteiger partial charge in [-0.15, -0.1) is 0 Å². The van der Waals surface area contributed by atoms with Crippen molar-refractivity contribution in [3.63, 3.8) is 0 Å². The maximum atomic E-state index is 10.1. The second-order valence-electron chi connectivity index (χ2n) is 5.00. The topological polar surface area (TPSA) is 38.7 Å². The highest BCUT2D eigenvalue weighted by molar-refractivity contribution is 5.13. The van der Waals surface area contributed by atoms with Gasteiger partial charge in [-0.2, -0.15) is 0 Å². The van der Waals surface area contributed by atoms with Crippen molar-refractivity contribution in [3.8, 4) is 0 Å². The Morgan fingerprint density at radius 2 is 1.71 bits per heavy atom. The van der Waals surface area contributed by atoms with Crippen LogP contribution in [-0.2, 0) is 16.1 Å². The Labute approximate surface area is 103 Å². The summed E-state index contributed by atoms with van der Waals surface area (Å²) in [5.41, 5.74) is -0.603. The molecule has 0 saturated carbocycles. The van der Waals surface area contributed by atoms with Crippen molar-refractivity contribution < 1.29 is 14.6 Å². The molecule has 0 aromatic heterocycles. The molecule has 0 bridgehead atoms. The molecule has 0 aliphatic rings. The van der Waals surface area contributed by atoms with Gasteiger partial charge in [-0.1, -0.05) is 30.3 Å². The fourth-order valence-electron chi connectivity index (χ4n) is 1.49.